The van der Waals surface area contributed by atoms with Gasteiger partial charge in [0.15, 0.2) is 6.61 Å². The number of benzene rings is 2. The maximum Gasteiger partial charge on any atom is 0.262 e. The molecule has 0 atom stereocenters. The van der Waals surface area contributed by atoms with Crippen molar-refractivity contribution in [2.45, 2.75) is 13.8 Å². The van der Waals surface area contributed by atoms with Crippen LogP contribution in [0, 0.1) is 6.92 Å². The van der Waals surface area contributed by atoms with Crippen LogP contribution in [-0.2, 0) is 4.79 Å². The largest absolute Gasteiger partial charge is 0.482 e. The van der Waals surface area contributed by atoms with Crippen molar-refractivity contribution in [3.8, 4) is 5.75 Å². The van der Waals surface area contributed by atoms with E-state index in [0.717, 1.165) is 55.0 Å². The van der Waals surface area contributed by atoms with Crippen LogP contribution in [0.3, 0.4) is 0 Å². The molecular formula is C24H26Cl2N4O2. The van der Waals surface area contributed by atoms with Crippen molar-refractivity contribution in [3.63, 3.8) is 0 Å². The van der Waals surface area contributed by atoms with Gasteiger partial charge in [0.25, 0.3) is 5.91 Å². The normalized spacial score (nSPS) is 14.6. The fourth-order valence-electron chi connectivity index (χ4n) is 3.84. The van der Waals surface area contributed by atoms with Gasteiger partial charge in [0.2, 0.25) is 0 Å². The highest BCUT2D eigenvalue weighted by molar-refractivity contribution is 6.35. The van der Waals surface area contributed by atoms with Crippen molar-refractivity contribution in [1.82, 2.24) is 9.88 Å². The van der Waals surface area contributed by atoms with E-state index in [2.05, 4.69) is 35.0 Å². The summed E-state index contributed by atoms with van der Waals surface area (Å²) in [4.78, 5) is 22.0. The van der Waals surface area contributed by atoms with Gasteiger partial charge in [-0.3, -0.25) is 4.79 Å². The lowest BCUT2D eigenvalue weighted by atomic mass is 10.1. The lowest BCUT2D eigenvalue weighted by molar-refractivity contribution is -0.118. The summed E-state index contributed by atoms with van der Waals surface area (Å²) >= 11 is 12.0. The first-order chi connectivity index (χ1) is 15.4. The molecule has 1 aliphatic rings. The molecule has 1 amide bonds. The summed E-state index contributed by atoms with van der Waals surface area (Å²) < 4.78 is 5.51. The highest BCUT2D eigenvalue weighted by Crippen LogP contribution is 2.28. The van der Waals surface area contributed by atoms with E-state index in [-0.39, 0.29) is 12.5 Å². The molecule has 8 heteroatoms. The molecule has 6 nitrogen and oxygen atoms in total. The first kappa shape index (κ1) is 22.6. The van der Waals surface area contributed by atoms with Crippen LogP contribution in [0.25, 0.3) is 10.9 Å². The van der Waals surface area contributed by atoms with Gasteiger partial charge in [0.1, 0.15) is 11.6 Å². The molecule has 4 rings (SSSR count). The minimum absolute atomic E-state index is 0.153. The molecule has 1 N–H and O–H groups in total. The van der Waals surface area contributed by atoms with E-state index in [4.69, 9.17) is 32.9 Å². The van der Waals surface area contributed by atoms with Crippen molar-refractivity contribution < 1.29 is 9.53 Å². The summed E-state index contributed by atoms with van der Waals surface area (Å²) in [6, 6.07) is 12.8. The molecule has 2 heterocycles. The molecule has 0 bridgehead atoms. The number of carbonyl (C=O) groups is 1. The number of nitrogens with zero attached hydrogens (tertiary/aromatic N) is 3. The zero-order valence-corrected chi connectivity index (χ0v) is 19.7. The van der Waals surface area contributed by atoms with Gasteiger partial charge in [-0.15, -0.1) is 0 Å². The second kappa shape index (κ2) is 9.94. The van der Waals surface area contributed by atoms with Gasteiger partial charge in [-0.05, 0) is 61.5 Å². The predicted molar refractivity (Wildman–Crippen MR) is 131 cm³/mol. The number of anilines is 2. The van der Waals surface area contributed by atoms with Gasteiger partial charge in [-0.2, -0.15) is 0 Å². The Bertz CT molecular complexity index is 1130. The van der Waals surface area contributed by atoms with E-state index in [1.807, 2.05) is 18.2 Å². The van der Waals surface area contributed by atoms with E-state index in [1.165, 1.54) is 0 Å². The minimum atomic E-state index is -0.272. The molecule has 0 spiro atoms. The Hall–Kier alpha value is -2.54. The van der Waals surface area contributed by atoms with Crippen molar-refractivity contribution in [2.24, 2.45) is 0 Å². The molecular weight excluding hydrogens is 447 g/mol. The number of hydrogen-bond acceptors (Lipinski definition) is 5. The summed E-state index contributed by atoms with van der Waals surface area (Å²) in [6.07, 6.45) is 0. The number of nitrogens with one attached hydrogen (secondary N) is 1. The van der Waals surface area contributed by atoms with Crippen molar-refractivity contribution in [3.05, 3.63) is 58.1 Å². The number of piperazine rings is 1. The number of pyridine rings is 1. The Morgan fingerprint density at radius 3 is 2.59 bits per heavy atom. The number of rotatable bonds is 6. The second-order valence-electron chi connectivity index (χ2n) is 7.86. The van der Waals surface area contributed by atoms with E-state index < -0.39 is 0 Å². The quantitative estimate of drug-likeness (QED) is 0.546. The molecule has 1 fully saturated rings. The van der Waals surface area contributed by atoms with Crippen LogP contribution in [0.1, 0.15) is 12.5 Å². The number of hydrogen-bond donors (Lipinski definition) is 1. The highest BCUT2D eigenvalue weighted by atomic mass is 35.5. The zero-order valence-electron chi connectivity index (χ0n) is 18.2. The van der Waals surface area contributed by atoms with Gasteiger partial charge >= 0.3 is 0 Å². The first-order valence-electron chi connectivity index (χ1n) is 10.7. The number of aryl methyl sites for hydroxylation is 1. The molecule has 168 valence electrons. The average Bonchev–Trinajstić information content (AvgIpc) is 2.79. The Balaban J connectivity index is 1.43. The van der Waals surface area contributed by atoms with Gasteiger partial charge in [0.05, 0.1) is 10.5 Å². The van der Waals surface area contributed by atoms with E-state index >= 15 is 0 Å². The monoisotopic (exact) mass is 472 g/mol. The lowest BCUT2D eigenvalue weighted by Gasteiger charge is -2.35. The predicted octanol–water partition coefficient (Wildman–Crippen LogP) is 5.01. The summed E-state index contributed by atoms with van der Waals surface area (Å²) in [7, 11) is 0. The molecule has 0 aliphatic carbocycles. The van der Waals surface area contributed by atoms with Crippen LogP contribution in [0.4, 0.5) is 11.5 Å². The SMILES string of the molecule is CCN1CCN(c2cc(C)c3cc(NC(=O)COc4ccc(Cl)cc4Cl)ccc3n2)CC1. The van der Waals surface area contributed by atoms with E-state index in [0.29, 0.717) is 21.5 Å². The summed E-state index contributed by atoms with van der Waals surface area (Å²) in [5.74, 6) is 1.15. The van der Waals surface area contributed by atoms with Crippen LogP contribution in [-0.4, -0.2) is 55.1 Å². The van der Waals surface area contributed by atoms with Gasteiger partial charge in [-0.1, -0.05) is 30.1 Å². The third-order valence-electron chi connectivity index (χ3n) is 5.68. The molecule has 3 aromatic rings. The van der Waals surface area contributed by atoms with Gasteiger partial charge in [0, 0.05) is 42.3 Å². The number of likely N-dealkylation sites (N-methyl/N-ethyl adjacent to an activating group) is 1. The maximum atomic E-state index is 12.4. The molecule has 2 aromatic carbocycles. The molecule has 0 radical (unpaired) electrons. The molecule has 0 unspecified atom stereocenters. The Kier molecular flexibility index (Phi) is 7.04. The van der Waals surface area contributed by atoms with Crippen molar-refractivity contribution >= 4 is 51.5 Å². The molecule has 1 aromatic heterocycles. The first-order valence-corrected chi connectivity index (χ1v) is 11.4. The Labute approximate surface area is 198 Å². The van der Waals surface area contributed by atoms with Crippen LogP contribution in [0.5, 0.6) is 5.75 Å². The number of carbonyl (C=O) groups excluding carboxylic acids is 1. The third kappa shape index (κ3) is 5.26. The van der Waals surface area contributed by atoms with Crippen LogP contribution in [0.15, 0.2) is 42.5 Å². The van der Waals surface area contributed by atoms with Crippen LogP contribution in [0.2, 0.25) is 10.0 Å². The lowest BCUT2D eigenvalue weighted by Crippen LogP contribution is -2.46. The summed E-state index contributed by atoms with van der Waals surface area (Å²) in [6.45, 7) is 9.29. The van der Waals surface area contributed by atoms with E-state index in [1.54, 1.807) is 18.2 Å². The van der Waals surface area contributed by atoms with Gasteiger partial charge < -0.3 is 19.9 Å². The number of amides is 1. The topological polar surface area (TPSA) is 57.7 Å². The highest BCUT2D eigenvalue weighted by Gasteiger charge is 2.18. The minimum Gasteiger partial charge on any atom is -0.482 e. The van der Waals surface area contributed by atoms with Crippen molar-refractivity contribution in [1.29, 1.82) is 0 Å². The summed E-state index contributed by atoms with van der Waals surface area (Å²) in [5, 5.41) is 4.77. The number of ether oxygens (including phenoxy) is 1. The Morgan fingerprint density at radius 2 is 1.88 bits per heavy atom. The van der Waals surface area contributed by atoms with E-state index in [9.17, 15) is 4.79 Å². The number of aromatic nitrogens is 1. The number of fused-ring (bicyclic) bond motifs is 1. The van der Waals surface area contributed by atoms with Crippen molar-refractivity contribution in [2.75, 3.05) is 49.5 Å². The maximum absolute atomic E-state index is 12.4. The smallest absolute Gasteiger partial charge is 0.262 e. The molecule has 1 aliphatic heterocycles. The fourth-order valence-corrected chi connectivity index (χ4v) is 4.31. The summed E-state index contributed by atoms with van der Waals surface area (Å²) in [5.41, 5.74) is 2.74. The fraction of sp³-hybridized carbons (Fsp3) is 0.333. The Morgan fingerprint density at radius 1 is 1.09 bits per heavy atom. The number of halogens is 2. The van der Waals surface area contributed by atoms with Crippen LogP contribution >= 0.6 is 23.2 Å². The molecule has 0 saturated carbocycles. The van der Waals surface area contributed by atoms with Gasteiger partial charge in [-0.25, -0.2) is 4.98 Å². The zero-order chi connectivity index (χ0) is 22.7. The standard InChI is InChI=1S/C24H26Cl2N4O2/c1-3-29-8-10-30(11-9-29)23-12-16(2)19-14-18(5-6-21(19)28-23)27-24(31)15-32-22-7-4-17(25)13-20(22)26/h4-7,12-14H,3,8-11,15H2,1-2H3,(H,27,31). The average molecular weight is 473 g/mol. The van der Waals surface area contributed by atoms with Crippen LogP contribution < -0.4 is 15.0 Å². The molecule has 1 saturated heterocycles. The third-order valence-corrected chi connectivity index (χ3v) is 6.21. The molecule has 32 heavy (non-hydrogen) atoms. The second-order valence-corrected chi connectivity index (χ2v) is 8.71.